The number of rotatable bonds is 1. The van der Waals surface area contributed by atoms with Crippen LogP contribution in [0, 0.1) is 5.92 Å². The summed E-state index contributed by atoms with van der Waals surface area (Å²) in [6.45, 7) is 0. The van der Waals surface area contributed by atoms with Crippen LogP contribution in [0.4, 0.5) is 0 Å². The van der Waals surface area contributed by atoms with Gasteiger partial charge in [0.05, 0.1) is 6.10 Å². The van der Waals surface area contributed by atoms with E-state index in [4.69, 9.17) is 0 Å². The van der Waals surface area contributed by atoms with E-state index in [1.54, 1.807) is 5.57 Å². The highest BCUT2D eigenvalue weighted by Gasteiger charge is 2.23. The predicted octanol–water partition coefficient (Wildman–Crippen LogP) is 2.65. The van der Waals surface area contributed by atoms with Gasteiger partial charge in [0.25, 0.3) is 0 Å². The monoisotopic (exact) mass is 166 g/mol. The van der Waals surface area contributed by atoms with Gasteiger partial charge in [-0.3, -0.25) is 0 Å². The third kappa shape index (κ3) is 1.71. The van der Waals surface area contributed by atoms with Gasteiger partial charge in [0.2, 0.25) is 0 Å². The van der Waals surface area contributed by atoms with Crippen LogP contribution in [0.25, 0.3) is 0 Å². The highest BCUT2D eigenvalue weighted by molar-refractivity contribution is 5.13. The van der Waals surface area contributed by atoms with Gasteiger partial charge in [-0.1, -0.05) is 24.5 Å². The molecule has 1 fully saturated rings. The Morgan fingerprint density at radius 3 is 2.58 bits per heavy atom. The lowest BCUT2D eigenvalue weighted by molar-refractivity contribution is 0.209. The maximum absolute atomic E-state index is 9.55. The molecule has 0 saturated heterocycles. The van der Waals surface area contributed by atoms with Gasteiger partial charge in [-0.2, -0.15) is 0 Å². The van der Waals surface area contributed by atoms with Crippen molar-refractivity contribution in [2.75, 3.05) is 0 Å². The molecule has 2 rings (SSSR count). The minimum absolute atomic E-state index is 0.136. The van der Waals surface area contributed by atoms with Gasteiger partial charge >= 0.3 is 0 Å². The lowest BCUT2D eigenvalue weighted by atomic mass is 9.78. The summed E-state index contributed by atoms with van der Waals surface area (Å²) in [6, 6.07) is 0. The van der Waals surface area contributed by atoms with Crippen LogP contribution in [-0.4, -0.2) is 11.2 Å². The van der Waals surface area contributed by atoms with Crippen molar-refractivity contribution in [3.63, 3.8) is 0 Å². The highest BCUT2D eigenvalue weighted by Crippen LogP contribution is 2.37. The average Bonchev–Trinajstić information content (AvgIpc) is 2.10. The number of hydrogen-bond donors (Lipinski definition) is 1. The molecule has 0 aromatic heterocycles. The molecule has 0 bridgehead atoms. The molecule has 1 heteroatoms. The molecule has 2 aliphatic carbocycles. The maximum Gasteiger partial charge on any atom is 0.0723 e. The van der Waals surface area contributed by atoms with Crippen LogP contribution in [0.15, 0.2) is 11.6 Å². The molecule has 2 aliphatic rings. The minimum Gasteiger partial charge on any atom is -0.389 e. The van der Waals surface area contributed by atoms with Crippen LogP contribution in [0.1, 0.15) is 44.9 Å². The molecule has 12 heavy (non-hydrogen) atoms. The summed E-state index contributed by atoms with van der Waals surface area (Å²) in [4.78, 5) is 0. The fourth-order valence-corrected chi connectivity index (χ4v) is 2.22. The second-order valence-corrected chi connectivity index (χ2v) is 4.18. The van der Waals surface area contributed by atoms with E-state index in [-0.39, 0.29) is 6.10 Å². The minimum atomic E-state index is -0.136. The Kier molecular flexibility index (Phi) is 2.50. The van der Waals surface area contributed by atoms with Gasteiger partial charge in [0, 0.05) is 0 Å². The topological polar surface area (TPSA) is 20.2 Å². The van der Waals surface area contributed by atoms with E-state index in [1.807, 2.05) is 0 Å². The molecule has 0 amide bonds. The van der Waals surface area contributed by atoms with Gasteiger partial charge < -0.3 is 5.11 Å². The van der Waals surface area contributed by atoms with Gasteiger partial charge in [-0.25, -0.2) is 0 Å². The molecule has 1 N–H and O–H groups in total. The third-order valence-electron chi connectivity index (χ3n) is 3.25. The van der Waals surface area contributed by atoms with Gasteiger partial charge in [-0.15, -0.1) is 0 Å². The normalized spacial score (nSPS) is 32.1. The van der Waals surface area contributed by atoms with E-state index in [0.717, 1.165) is 12.3 Å². The van der Waals surface area contributed by atoms with Gasteiger partial charge in [0.15, 0.2) is 0 Å². The van der Waals surface area contributed by atoms with E-state index in [2.05, 4.69) is 6.08 Å². The maximum atomic E-state index is 9.55. The Morgan fingerprint density at radius 2 is 1.92 bits per heavy atom. The summed E-state index contributed by atoms with van der Waals surface area (Å²) in [5.74, 6) is 0.845. The zero-order chi connectivity index (χ0) is 8.39. The van der Waals surface area contributed by atoms with E-state index < -0.39 is 0 Å². The third-order valence-corrected chi connectivity index (χ3v) is 3.25. The van der Waals surface area contributed by atoms with Crippen molar-refractivity contribution in [2.45, 2.75) is 51.0 Å². The van der Waals surface area contributed by atoms with E-state index in [0.29, 0.717) is 0 Å². The summed E-state index contributed by atoms with van der Waals surface area (Å²) in [5.41, 5.74) is 1.56. The first kappa shape index (κ1) is 8.31. The number of allylic oxidation sites excluding steroid dienone is 1. The Morgan fingerprint density at radius 1 is 1.08 bits per heavy atom. The summed E-state index contributed by atoms with van der Waals surface area (Å²) in [6.07, 6.45) is 10.9. The zero-order valence-corrected chi connectivity index (χ0v) is 7.63. The standard InChI is InChI=1S/C11H18O/c12-11-7-2-1-4-10(8-11)9-5-3-6-9/h8-9,11-12H,1-7H2. The molecule has 1 atom stereocenters. The first-order chi connectivity index (χ1) is 5.86. The molecule has 0 aliphatic heterocycles. The quantitative estimate of drug-likeness (QED) is 0.594. The van der Waals surface area contributed by atoms with Crippen molar-refractivity contribution in [3.05, 3.63) is 11.6 Å². The Hall–Kier alpha value is -0.300. The van der Waals surface area contributed by atoms with Crippen LogP contribution in [0.3, 0.4) is 0 Å². The predicted molar refractivity (Wildman–Crippen MR) is 49.9 cm³/mol. The summed E-state index contributed by atoms with van der Waals surface area (Å²) >= 11 is 0. The van der Waals surface area contributed by atoms with Gasteiger partial charge in [0.1, 0.15) is 0 Å². The van der Waals surface area contributed by atoms with Crippen molar-refractivity contribution < 1.29 is 5.11 Å². The molecule has 1 saturated carbocycles. The first-order valence-corrected chi connectivity index (χ1v) is 5.25. The van der Waals surface area contributed by atoms with E-state index in [1.165, 1.54) is 38.5 Å². The van der Waals surface area contributed by atoms with Crippen LogP contribution in [0.5, 0.6) is 0 Å². The molecule has 0 heterocycles. The summed E-state index contributed by atoms with van der Waals surface area (Å²) < 4.78 is 0. The lowest BCUT2D eigenvalue weighted by Gasteiger charge is -2.28. The van der Waals surface area contributed by atoms with Crippen molar-refractivity contribution in [2.24, 2.45) is 5.92 Å². The molecule has 0 aromatic rings. The van der Waals surface area contributed by atoms with Crippen LogP contribution in [0.2, 0.25) is 0 Å². The van der Waals surface area contributed by atoms with E-state index >= 15 is 0 Å². The second kappa shape index (κ2) is 3.61. The van der Waals surface area contributed by atoms with Crippen LogP contribution >= 0.6 is 0 Å². The SMILES string of the molecule is OC1C=C(C2CCC2)CCCC1. The molecule has 0 aromatic carbocycles. The summed E-state index contributed by atoms with van der Waals surface area (Å²) in [7, 11) is 0. The number of aliphatic hydroxyl groups is 1. The largest absolute Gasteiger partial charge is 0.389 e. The van der Waals surface area contributed by atoms with E-state index in [9.17, 15) is 5.11 Å². The van der Waals surface area contributed by atoms with Crippen molar-refractivity contribution in [1.82, 2.24) is 0 Å². The van der Waals surface area contributed by atoms with Crippen molar-refractivity contribution in [3.8, 4) is 0 Å². The Balaban J connectivity index is 1.99. The first-order valence-electron chi connectivity index (χ1n) is 5.25. The van der Waals surface area contributed by atoms with Crippen molar-refractivity contribution >= 4 is 0 Å². The highest BCUT2D eigenvalue weighted by atomic mass is 16.3. The lowest BCUT2D eigenvalue weighted by Crippen LogP contribution is -2.14. The van der Waals surface area contributed by atoms with Gasteiger partial charge in [-0.05, 0) is 38.0 Å². The zero-order valence-electron chi connectivity index (χ0n) is 7.63. The molecule has 1 unspecified atom stereocenters. The Labute approximate surface area is 74.5 Å². The molecular weight excluding hydrogens is 148 g/mol. The fraction of sp³-hybridized carbons (Fsp3) is 0.818. The molecular formula is C11H18O. The smallest absolute Gasteiger partial charge is 0.0723 e. The average molecular weight is 166 g/mol. The molecule has 0 spiro atoms. The molecule has 1 nitrogen and oxygen atoms in total. The second-order valence-electron chi connectivity index (χ2n) is 4.18. The Bertz CT molecular complexity index is 179. The number of aliphatic hydroxyl groups excluding tert-OH is 1. The van der Waals surface area contributed by atoms with Crippen LogP contribution < -0.4 is 0 Å². The molecule has 0 radical (unpaired) electrons. The van der Waals surface area contributed by atoms with Crippen molar-refractivity contribution in [1.29, 1.82) is 0 Å². The summed E-state index contributed by atoms with van der Waals surface area (Å²) in [5, 5.41) is 9.55. The number of hydrogen-bond acceptors (Lipinski definition) is 1. The van der Waals surface area contributed by atoms with Crippen LogP contribution in [-0.2, 0) is 0 Å². The fourth-order valence-electron chi connectivity index (χ4n) is 2.22. The molecule has 68 valence electrons.